The first-order valence-corrected chi connectivity index (χ1v) is 7.67. The second-order valence-corrected chi connectivity index (χ2v) is 6.49. The minimum atomic E-state index is -0.199. The van der Waals surface area contributed by atoms with Gasteiger partial charge >= 0.3 is 0 Å². The maximum Gasteiger partial charge on any atom is 0.126 e. The fourth-order valence-corrected chi connectivity index (χ4v) is 3.76. The molecule has 0 spiro atoms. The Morgan fingerprint density at radius 3 is 2.84 bits per heavy atom. The molecule has 1 heterocycles. The van der Waals surface area contributed by atoms with Crippen molar-refractivity contribution in [3.8, 4) is 0 Å². The molecule has 2 fully saturated rings. The van der Waals surface area contributed by atoms with Crippen molar-refractivity contribution in [2.45, 2.75) is 31.8 Å². The second kappa shape index (κ2) is 5.23. The summed E-state index contributed by atoms with van der Waals surface area (Å²) in [6.07, 6.45) is 4.12. The molecule has 1 aromatic rings. The van der Waals surface area contributed by atoms with Crippen molar-refractivity contribution in [2.75, 3.05) is 12.5 Å². The normalized spacial score (nSPS) is 30.8. The van der Waals surface area contributed by atoms with Gasteiger partial charge in [-0.15, -0.1) is 11.6 Å². The summed E-state index contributed by atoms with van der Waals surface area (Å²) in [4.78, 5) is 0. The minimum absolute atomic E-state index is 0.131. The Hall–Kier alpha value is -0.310. The Labute approximate surface area is 123 Å². The van der Waals surface area contributed by atoms with Crippen LogP contribution in [0.1, 0.15) is 24.8 Å². The highest BCUT2D eigenvalue weighted by atomic mass is 35.5. The summed E-state index contributed by atoms with van der Waals surface area (Å²) < 4.78 is 19.8. The lowest BCUT2D eigenvalue weighted by molar-refractivity contribution is 0.0400. The topological polar surface area (TPSA) is 9.23 Å². The van der Waals surface area contributed by atoms with Crippen LogP contribution in [-0.4, -0.2) is 18.6 Å². The average Bonchev–Trinajstić information content (AvgIpc) is 3.16. The molecule has 2 aliphatic rings. The lowest BCUT2D eigenvalue weighted by Crippen LogP contribution is -2.37. The molecule has 104 valence electrons. The zero-order valence-electron chi connectivity index (χ0n) is 10.7. The first-order chi connectivity index (χ1) is 9.14. The number of benzene rings is 1. The monoisotopic (exact) mass is 302 g/mol. The summed E-state index contributed by atoms with van der Waals surface area (Å²) in [7, 11) is 0. The molecule has 2 unspecified atom stereocenters. The van der Waals surface area contributed by atoms with E-state index in [0.717, 1.165) is 13.0 Å². The number of hydrogen-bond acceptors (Lipinski definition) is 1. The Bertz CT molecular complexity index is 475. The standard InChI is InChI=1S/C15H17Cl2FO/c16-9-15(5-6-19-14(15)10-1-2-10)8-11-7-12(17)3-4-13(11)18/h3-4,7,10,14H,1-2,5-6,8-9H2. The van der Waals surface area contributed by atoms with Gasteiger partial charge in [0.2, 0.25) is 0 Å². The lowest BCUT2D eigenvalue weighted by Gasteiger charge is -2.32. The molecule has 4 heteroatoms. The van der Waals surface area contributed by atoms with E-state index in [4.69, 9.17) is 27.9 Å². The largest absolute Gasteiger partial charge is 0.377 e. The second-order valence-electron chi connectivity index (χ2n) is 5.79. The first kappa shape index (κ1) is 13.7. The quantitative estimate of drug-likeness (QED) is 0.747. The van der Waals surface area contributed by atoms with E-state index in [-0.39, 0.29) is 17.3 Å². The van der Waals surface area contributed by atoms with Gasteiger partial charge in [0.15, 0.2) is 0 Å². The highest BCUT2D eigenvalue weighted by molar-refractivity contribution is 6.30. The van der Waals surface area contributed by atoms with Crippen molar-refractivity contribution < 1.29 is 9.13 Å². The van der Waals surface area contributed by atoms with Crippen molar-refractivity contribution in [2.24, 2.45) is 11.3 Å². The van der Waals surface area contributed by atoms with Crippen LogP contribution in [0.3, 0.4) is 0 Å². The van der Waals surface area contributed by atoms with Gasteiger partial charge in [-0.25, -0.2) is 4.39 Å². The van der Waals surface area contributed by atoms with Crippen molar-refractivity contribution in [1.29, 1.82) is 0 Å². The molecular weight excluding hydrogens is 286 g/mol. The van der Waals surface area contributed by atoms with Crippen LogP contribution in [0, 0.1) is 17.2 Å². The van der Waals surface area contributed by atoms with E-state index in [9.17, 15) is 4.39 Å². The summed E-state index contributed by atoms with van der Waals surface area (Å²) in [5.41, 5.74) is 0.526. The van der Waals surface area contributed by atoms with Crippen molar-refractivity contribution in [3.63, 3.8) is 0 Å². The van der Waals surface area contributed by atoms with E-state index in [1.165, 1.54) is 18.9 Å². The number of halogens is 3. The summed E-state index contributed by atoms with van der Waals surface area (Å²) in [6.45, 7) is 0.732. The first-order valence-electron chi connectivity index (χ1n) is 6.76. The van der Waals surface area contributed by atoms with Gasteiger partial charge in [-0.3, -0.25) is 0 Å². The van der Waals surface area contributed by atoms with Crippen LogP contribution < -0.4 is 0 Å². The third-order valence-corrected chi connectivity index (χ3v) is 5.13. The highest BCUT2D eigenvalue weighted by Gasteiger charge is 2.50. The van der Waals surface area contributed by atoms with Crippen LogP contribution in [0.15, 0.2) is 18.2 Å². The van der Waals surface area contributed by atoms with Gasteiger partial charge in [0.25, 0.3) is 0 Å². The van der Waals surface area contributed by atoms with Crippen molar-refractivity contribution in [1.82, 2.24) is 0 Å². The molecule has 2 atom stereocenters. The molecule has 1 aliphatic heterocycles. The predicted molar refractivity (Wildman–Crippen MR) is 75.3 cm³/mol. The van der Waals surface area contributed by atoms with E-state index in [2.05, 4.69) is 0 Å². The Kier molecular flexibility index (Phi) is 3.76. The Morgan fingerprint density at radius 2 is 2.16 bits per heavy atom. The maximum atomic E-state index is 13.9. The fraction of sp³-hybridized carbons (Fsp3) is 0.600. The van der Waals surface area contributed by atoms with Crippen LogP contribution in [0.5, 0.6) is 0 Å². The molecule has 0 N–H and O–H groups in total. The maximum absolute atomic E-state index is 13.9. The van der Waals surface area contributed by atoms with Gasteiger partial charge in [0.1, 0.15) is 5.82 Å². The van der Waals surface area contributed by atoms with Gasteiger partial charge in [-0.2, -0.15) is 0 Å². The van der Waals surface area contributed by atoms with Crippen LogP contribution in [0.2, 0.25) is 5.02 Å². The van der Waals surface area contributed by atoms with Gasteiger partial charge in [0, 0.05) is 22.9 Å². The number of ether oxygens (including phenoxy) is 1. The zero-order chi connectivity index (χ0) is 13.5. The van der Waals surface area contributed by atoms with Crippen molar-refractivity contribution >= 4 is 23.2 Å². The van der Waals surface area contributed by atoms with Crippen LogP contribution in [0.4, 0.5) is 4.39 Å². The molecular formula is C15H17Cl2FO. The third-order valence-electron chi connectivity index (χ3n) is 4.37. The number of rotatable bonds is 4. The van der Waals surface area contributed by atoms with E-state index >= 15 is 0 Å². The van der Waals surface area contributed by atoms with Gasteiger partial charge in [0.05, 0.1) is 6.10 Å². The molecule has 3 rings (SSSR count). The molecule has 1 nitrogen and oxygen atoms in total. The van der Waals surface area contributed by atoms with Gasteiger partial charge < -0.3 is 4.74 Å². The van der Waals surface area contributed by atoms with Crippen LogP contribution >= 0.6 is 23.2 Å². The SMILES string of the molecule is Fc1ccc(Cl)cc1CC1(CCl)CCOC1C1CC1. The van der Waals surface area contributed by atoms with Gasteiger partial charge in [-0.1, -0.05) is 11.6 Å². The molecule has 0 amide bonds. The molecule has 0 bridgehead atoms. The molecule has 0 radical (unpaired) electrons. The number of hydrogen-bond donors (Lipinski definition) is 0. The van der Waals surface area contributed by atoms with E-state index < -0.39 is 0 Å². The molecule has 1 saturated heterocycles. The fourth-order valence-electron chi connectivity index (χ4n) is 3.18. The zero-order valence-corrected chi connectivity index (χ0v) is 12.2. The minimum Gasteiger partial charge on any atom is -0.377 e. The third kappa shape index (κ3) is 2.63. The molecule has 1 aromatic carbocycles. The Balaban J connectivity index is 1.87. The molecule has 19 heavy (non-hydrogen) atoms. The van der Waals surface area contributed by atoms with Crippen molar-refractivity contribution in [3.05, 3.63) is 34.6 Å². The summed E-state index contributed by atoms with van der Waals surface area (Å²) >= 11 is 12.2. The Morgan fingerprint density at radius 1 is 1.37 bits per heavy atom. The molecule has 0 aromatic heterocycles. The predicted octanol–water partition coefficient (Wildman–Crippen LogP) is 4.45. The number of alkyl halides is 1. The summed E-state index contributed by atoms with van der Waals surface area (Å²) in [6, 6.07) is 4.73. The summed E-state index contributed by atoms with van der Waals surface area (Å²) in [5, 5.41) is 0.572. The van der Waals surface area contributed by atoms with Crippen LogP contribution in [-0.2, 0) is 11.2 Å². The summed E-state index contributed by atoms with van der Waals surface area (Å²) in [5.74, 6) is 0.930. The molecule has 1 saturated carbocycles. The van der Waals surface area contributed by atoms with E-state index in [0.29, 0.717) is 28.8 Å². The van der Waals surface area contributed by atoms with E-state index in [1.54, 1.807) is 12.1 Å². The van der Waals surface area contributed by atoms with E-state index in [1.807, 2.05) is 0 Å². The molecule has 1 aliphatic carbocycles. The average molecular weight is 303 g/mol. The lowest BCUT2D eigenvalue weighted by atomic mass is 9.75. The highest BCUT2D eigenvalue weighted by Crippen LogP contribution is 2.50. The van der Waals surface area contributed by atoms with Gasteiger partial charge in [-0.05, 0) is 55.4 Å². The smallest absolute Gasteiger partial charge is 0.126 e. The van der Waals surface area contributed by atoms with Crippen LogP contribution in [0.25, 0.3) is 0 Å².